The molecule has 5 heteroatoms. The Morgan fingerprint density at radius 1 is 1.47 bits per heavy atom. The number of nitrogens with two attached hydrogens (primary N) is 1. The van der Waals surface area contributed by atoms with Crippen LogP contribution in [0.3, 0.4) is 0 Å². The van der Waals surface area contributed by atoms with Gasteiger partial charge in [0.25, 0.3) is 0 Å². The summed E-state index contributed by atoms with van der Waals surface area (Å²) in [6.45, 7) is 1.94. The molecule has 1 atom stereocenters. The first-order chi connectivity index (χ1) is 8.99. The van der Waals surface area contributed by atoms with Crippen molar-refractivity contribution in [1.29, 1.82) is 5.41 Å². The first kappa shape index (κ1) is 14.2. The Labute approximate surface area is 119 Å². The second-order valence-electron chi connectivity index (χ2n) is 5.28. The predicted molar refractivity (Wildman–Crippen MR) is 81.4 cm³/mol. The molecule has 4 nitrogen and oxygen atoms in total. The molecular weight excluding hydrogens is 260 g/mol. The molecule has 0 aromatic heterocycles. The molecule has 0 radical (unpaired) electrons. The van der Waals surface area contributed by atoms with E-state index in [1.807, 2.05) is 12.1 Å². The molecule has 1 aromatic rings. The standard InChI is InChI=1S/C14H21ClN4/c1-18(2)11-4-3-7-19(9-11)13-8-10(15)5-6-12(13)14(16)17/h5-6,8,11H,3-4,7,9H2,1-2H3,(H3,16,17). The highest BCUT2D eigenvalue weighted by molar-refractivity contribution is 6.31. The second-order valence-corrected chi connectivity index (χ2v) is 5.72. The van der Waals surface area contributed by atoms with Crippen LogP contribution in [0, 0.1) is 5.41 Å². The number of piperidine rings is 1. The van der Waals surface area contributed by atoms with Gasteiger partial charge in [-0.2, -0.15) is 0 Å². The average Bonchev–Trinajstić information content (AvgIpc) is 2.38. The first-order valence-corrected chi connectivity index (χ1v) is 6.92. The number of nitrogens with one attached hydrogen (secondary N) is 1. The zero-order valence-corrected chi connectivity index (χ0v) is 12.2. The van der Waals surface area contributed by atoms with Crippen molar-refractivity contribution in [2.45, 2.75) is 18.9 Å². The van der Waals surface area contributed by atoms with Gasteiger partial charge in [-0.1, -0.05) is 11.6 Å². The summed E-state index contributed by atoms with van der Waals surface area (Å²) < 4.78 is 0. The lowest BCUT2D eigenvalue weighted by atomic mass is 10.0. The number of amidine groups is 1. The largest absolute Gasteiger partial charge is 0.384 e. The van der Waals surface area contributed by atoms with Crippen LogP contribution in [-0.4, -0.2) is 44.0 Å². The molecule has 2 rings (SSSR count). The van der Waals surface area contributed by atoms with E-state index in [2.05, 4.69) is 23.9 Å². The molecule has 0 aliphatic carbocycles. The van der Waals surface area contributed by atoms with Gasteiger partial charge in [0.05, 0.1) is 0 Å². The molecule has 0 saturated carbocycles. The minimum absolute atomic E-state index is 0.0960. The van der Waals surface area contributed by atoms with E-state index in [9.17, 15) is 0 Å². The fourth-order valence-electron chi connectivity index (χ4n) is 2.59. The predicted octanol–water partition coefficient (Wildman–Crippen LogP) is 2.15. The molecule has 1 heterocycles. The number of hydrogen-bond donors (Lipinski definition) is 2. The van der Waals surface area contributed by atoms with Gasteiger partial charge in [-0.15, -0.1) is 0 Å². The number of nitrogen functional groups attached to an aromatic ring is 1. The Bertz CT molecular complexity index is 473. The van der Waals surface area contributed by atoms with Gasteiger partial charge < -0.3 is 15.5 Å². The van der Waals surface area contributed by atoms with Crippen LogP contribution in [0.5, 0.6) is 0 Å². The molecule has 0 spiro atoms. The highest BCUT2D eigenvalue weighted by Crippen LogP contribution is 2.28. The van der Waals surface area contributed by atoms with Gasteiger partial charge in [0.2, 0.25) is 0 Å². The van der Waals surface area contributed by atoms with Crippen LogP contribution >= 0.6 is 11.6 Å². The van der Waals surface area contributed by atoms with E-state index in [1.165, 1.54) is 6.42 Å². The van der Waals surface area contributed by atoms with Crippen molar-refractivity contribution < 1.29 is 0 Å². The molecule has 0 amide bonds. The quantitative estimate of drug-likeness (QED) is 0.659. The topological polar surface area (TPSA) is 56.4 Å². The van der Waals surface area contributed by atoms with Crippen LogP contribution in [0.15, 0.2) is 18.2 Å². The van der Waals surface area contributed by atoms with Crippen molar-refractivity contribution in [3.05, 3.63) is 28.8 Å². The first-order valence-electron chi connectivity index (χ1n) is 6.54. The third kappa shape index (κ3) is 3.19. The van der Waals surface area contributed by atoms with E-state index >= 15 is 0 Å². The van der Waals surface area contributed by atoms with E-state index in [0.717, 1.165) is 30.8 Å². The van der Waals surface area contributed by atoms with Crippen LogP contribution < -0.4 is 10.6 Å². The number of anilines is 1. The Morgan fingerprint density at radius 2 is 2.21 bits per heavy atom. The molecule has 1 saturated heterocycles. The summed E-state index contributed by atoms with van der Waals surface area (Å²) in [4.78, 5) is 4.54. The zero-order valence-electron chi connectivity index (χ0n) is 11.5. The molecule has 1 unspecified atom stereocenters. The van der Waals surface area contributed by atoms with E-state index in [4.69, 9.17) is 22.7 Å². The van der Waals surface area contributed by atoms with Gasteiger partial charge in [0.1, 0.15) is 5.84 Å². The van der Waals surface area contributed by atoms with E-state index in [-0.39, 0.29) is 5.84 Å². The number of nitrogens with zero attached hydrogens (tertiary/aromatic N) is 2. The Balaban J connectivity index is 2.30. The number of halogens is 1. The molecule has 1 fully saturated rings. The summed E-state index contributed by atoms with van der Waals surface area (Å²) in [6, 6.07) is 6.07. The second kappa shape index (κ2) is 5.80. The van der Waals surface area contributed by atoms with Gasteiger partial charge >= 0.3 is 0 Å². The molecule has 3 N–H and O–H groups in total. The minimum Gasteiger partial charge on any atom is -0.384 e. The third-order valence-corrected chi connectivity index (χ3v) is 3.95. The molecule has 0 bridgehead atoms. The van der Waals surface area contributed by atoms with Crippen LogP contribution in [0.25, 0.3) is 0 Å². The smallest absolute Gasteiger partial charge is 0.124 e. The lowest BCUT2D eigenvalue weighted by Gasteiger charge is -2.38. The molecule has 1 aliphatic heterocycles. The van der Waals surface area contributed by atoms with E-state index in [0.29, 0.717) is 11.1 Å². The maximum Gasteiger partial charge on any atom is 0.124 e. The van der Waals surface area contributed by atoms with Crippen molar-refractivity contribution in [3.63, 3.8) is 0 Å². The van der Waals surface area contributed by atoms with Gasteiger partial charge in [0, 0.05) is 35.4 Å². The fraction of sp³-hybridized carbons (Fsp3) is 0.500. The number of likely N-dealkylation sites (N-methyl/N-ethyl adjacent to an activating group) is 1. The van der Waals surface area contributed by atoms with Crippen LogP contribution in [0.4, 0.5) is 5.69 Å². The summed E-state index contributed by atoms with van der Waals surface area (Å²) >= 11 is 6.09. The van der Waals surface area contributed by atoms with E-state index in [1.54, 1.807) is 6.07 Å². The van der Waals surface area contributed by atoms with Crippen molar-refractivity contribution in [1.82, 2.24) is 4.90 Å². The third-order valence-electron chi connectivity index (χ3n) is 3.72. The average molecular weight is 281 g/mol. The Kier molecular flexibility index (Phi) is 4.32. The van der Waals surface area contributed by atoms with E-state index < -0.39 is 0 Å². The fourth-order valence-corrected chi connectivity index (χ4v) is 2.76. The van der Waals surface area contributed by atoms with Crippen molar-refractivity contribution in [2.75, 3.05) is 32.1 Å². The Hall–Kier alpha value is -1.26. The summed E-state index contributed by atoms with van der Waals surface area (Å²) in [5, 5.41) is 8.38. The number of rotatable bonds is 3. The van der Waals surface area contributed by atoms with Crippen LogP contribution in [-0.2, 0) is 0 Å². The molecule has 19 heavy (non-hydrogen) atoms. The summed E-state index contributed by atoms with van der Waals surface area (Å²) in [6.07, 6.45) is 2.35. The maximum absolute atomic E-state index is 7.70. The van der Waals surface area contributed by atoms with Crippen molar-refractivity contribution in [3.8, 4) is 0 Å². The SMILES string of the molecule is CN(C)C1CCCN(c2cc(Cl)ccc2C(=N)N)C1. The molecular formula is C14H21ClN4. The molecule has 1 aliphatic rings. The van der Waals surface area contributed by atoms with Crippen LogP contribution in [0.1, 0.15) is 18.4 Å². The summed E-state index contributed by atoms with van der Waals surface area (Å²) in [5.74, 6) is 0.0960. The van der Waals surface area contributed by atoms with Crippen molar-refractivity contribution >= 4 is 23.1 Å². The minimum atomic E-state index is 0.0960. The monoisotopic (exact) mass is 280 g/mol. The lowest BCUT2D eigenvalue weighted by molar-refractivity contribution is 0.258. The molecule has 1 aromatic carbocycles. The van der Waals surface area contributed by atoms with Gasteiger partial charge in [0.15, 0.2) is 0 Å². The van der Waals surface area contributed by atoms with Gasteiger partial charge in [-0.25, -0.2) is 0 Å². The highest BCUT2D eigenvalue weighted by atomic mass is 35.5. The zero-order chi connectivity index (χ0) is 14.0. The highest BCUT2D eigenvalue weighted by Gasteiger charge is 2.23. The maximum atomic E-state index is 7.70. The van der Waals surface area contributed by atoms with Crippen molar-refractivity contribution in [2.24, 2.45) is 5.73 Å². The Morgan fingerprint density at radius 3 is 2.84 bits per heavy atom. The van der Waals surface area contributed by atoms with Gasteiger partial charge in [-0.3, -0.25) is 5.41 Å². The lowest BCUT2D eigenvalue weighted by Crippen LogP contribution is -2.45. The summed E-state index contributed by atoms with van der Waals surface area (Å²) in [5.41, 5.74) is 7.41. The normalized spacial score (nSPS) is 19.8. The summed E-state index contributed by atoms with van der Waals surface area (Å²) in [7, 11) is 4.22. The van der Waals surface area contributed by atoms with Gasteiger partial charge in [-0.05, 0) is 45.1 Å². The number of benzene rings is 1. The molecule has 104 valence electrons. The number of hydrogen-bond acceptors (Lipinski definition) is 3. The van der Waals surface area contributed by atoms with Crippen LogP contribution in [0.2, 0.25) is 5.02 Å².